The maximum atomic E-state index is 13.6. The topological polar surface area (TPSA) is 49.7 Å². The molecule has 0 radical (unpaired) electrons. The third-order valence-electron chi connectivity index (χ3n) is 6.18. The Hall–Kier alpha value is -2.73. The Labute approximate surface area is 182 Å². The Kier molecular flexibility index (Phi) is 4.85. The van der Waals surface area contributed by atoms with Gasteiger partial charge in [-0.2, -0.15) is 0 Å². The van der Waals surface area contributed by atoms with Crippen LogP contribution in [-0.4, -0.2) is 43.9 Å². The Bertz CT molecular complexity index is 1240. The molecule has 1 saturated carbocycles. The number of nitrogens with zero attached hydrogens (tertiary/aromatic N) is 2. The summed E-state index contributed by atoms with van der Waals surface area (Å²) in [5, 5.41) is -0.182. The number of rotatable bonds is 4. The molecule has 0 amide bonds. The maximum absolute atomic E-state index is 13.6. The molecule has 5 rings (SSSR count). The molecule has 6 heteroatoms. The number of hydrogen-bond acceptors (Lipinski definition) is 4. The Morgan fingerprint density at radius 1 is 1.10 bits per heavy atom. The van der Waals surface area contributed by atoms with Crippen molar-refractivity contribution in [2.24, 2.45) is 4.99 Å². The average Bonchev–Trinajstić information content (AvgIpc) is 3.58. The second-order valence-electron chi connectivity index (χ2n) is 8.69. The van der Waals surface area contributed by atoms with E-state index in [0.717, 1.165) is 58.5 Å². The maximum Gasteiger partial charge on any atom is 0.157 e. The monoisotopic (exact) mass is 436 g/mol. The quantitative estimate of drug-likeness (QED) is 0.716. The molecule has 2 aromatic carbocycles. The minimum atomic E-state index is -3.11. The second kappa shape index (κ2) is 7.45. The first-order chi connectivity index (χ1) is 14.8. The molecule has 0 bridgehead atoms. The fourth-order valence-electron chi connectivity index (χ4n) is 4.38. The van der Waals surface area contributed by atoms with E-state index in [0.29, 0.717) is 0 Å². The van der Waals surface area contributed by atoms with E-state index in [2.05, 4.69) is 24.1 Å². The zero-order valence-electron chi connectivity index (χ0n) is 17.7. The third-order valence-corrected chi connectivity index (χ3v) is 8.40. The van der Waals surface area contributed by atoms with Crippen LogP contribution in [0.1, 0.15) is 42.0 Å². The van der Waals surface area contributed by atoms with E-state index < -0.39 is 9.84 Å². The van der Waals surface area contributed by atoms with Crippen molar-refractivity contribution in [2.75, 3.05) is 13.6 Å². The predicted octanol–water partition coefficient (Wildman–Crippen LogP) is 4.36. The van der Waals surface area contributed by atoms with Crippen LogP contribution in [0.3, 0.4) is 0 Å². The first kappa shape index (κ1) is 20.2. The molecule has 2 heterocycles. The lowest BCUT2D eigenvalue weighted by molar-refractivity contribution is 0.503. The predicted molar refractivity (Wildman–Crippen MR) is 122 cm³/mol. The van der Waals surface area contributed by atoms with Crippen LogP contribution in [0.25, 0.3) is 5.57 Å². The molecule has 31 heavy (non-hydrogen) atoms. The van der Waals surface area contributed by atoms with Crippen LogP contribution in [0, 0.1) is 5.82 Å². The fourth-order valence-corrected chi connectivity index (χ4v) is 6.11. The molecule has 1 atom stereocenters. The first-order valence-corrected chi connectivity index (χ1v) is 12.3. The van der Waals surface area contributed by atoms with E-state index in [-0.39, 0.29) is 22.9 Å². The molecule has 2 aliphatic heterocycles. The lowest BCUT2D eigenvalue weighted by Gasteiger charge is -2.25. The van der Waals surface area contributed by atoms with Crippen LogP contribution in [0.5, 0.6) is 0 Å². The van der Waals surface area contributed by atoms with Gasteiger partial charge in [-0.25, -0.2) is 12.8 Å². The van der Waals surface area contributed by atoms with Crippen molar-refractivity contribution in [1.29, 1.82) is 0 Å². The number of likely N-dealkylation sites (N-methyl/N-ethyl adjacent to an activating group) is 1. The van der Waals surface area contributed by atoms with E-state index >= 15 is 0 Å². The van der Waals surface area contributed by atoms with Crippen molar-refractivity contribution in [3.05, 3.63) is 88.4 Å². The van der Waals surface area contributed by atoms with Gasteiger partial charge >= 0.3 is 0 Å². The summed E-state index contributed by atoms with van der Waals surface area (Å²) in [4.78, 5) is 7.13. The highest BCUT2D eigenvalue weighted by molar-refractivity contribution is 7.91. The SMILES string of the molecule is C[C@@H]1N=C(c2ccc(F)cc2)c2ccc(CS(=O)(=O)C3CC3)cc2C2=CN(C)CC=C21. The van der Waals surface area contributed by atoms with Gasteiger partial charge in [-0.15, -0.1) is 0 Å². The van der Waals surface area contributed by atoms with Crippen LogP contribution in [0.2, 0.25) is 0 Å². The van der Waals surface area contributed by atoms with Crippen molar-refractivity contribution in [2.45, 2.75) is 36.8 Å². The average molecular weight is 437 g/mol. The van der Waals surface area contributed by atoms with Gasteiger partial charge in [0.15, 0.2) is 9.84 Å². The van der Waals surface area contributed by atoms with Gasteiger partial charge in [0.2, 0.25) is 0 Å². The van der Waals surface area contributed by atoms with Crippen molar-refractivity contribution < 1.29 is 12.8 Å². The van der Waals surface area contributed by atoms with Crippen LogP contribution in [0.4, 0.5) is 4.39 Å². The molecule has 1 fully saturated rings. The zero-order valence-corrected chi connectivity index (χ0v) is 18.5. The van der Waals surface area contributed by atoms with Crippen molar-refractivity contribution in [3.8, 4) is 0 Å². The third kappa shape index (κ3) is 3.85. The molecule has 0 saturated heterocycles. The van der Waals surface area contributed by atoms with E-state index in [1.165, 1.54) is 12.1 Å². The van der Waals surface area contributed by atoms with Crippen LogP contribution < -0.4 is 0 Å². The van der Waals surface area contributed by atoms with Gasteiger partial charge in [-0.05, 0) is 66.8 Å². The van der Waals surface area contributed by atoms with Gasteiger partial charge in [0, 0.05) is 36.5 Å². The van der Waals surface area contributed by atoms with E-state index in [4.69, 9.17) is 4.99 Å². The Morgan fingerprint density at radius 3 is 2.55 bits per heavy atom. The van der Waals surface area contributed by atoms with Gasteiger partial charge < -0.3 is 4.90 Å². The number of hydrogen-bond donors (Lipinski definition) is 0. The normalized spacial score (nSPS) is 20.8. The van der Waals surface area contributed by atoms with E-state index in [9.17, 15) is 12.8 Å². The summed E-state index contributed by atoms with van der Waals surface area (Å²) in [5.41, 5.74) is 6.58. The highest BCUT2D eigenvalue weighted by Crippen LogP contribution is 2.38. The summed E-state index contributed by atoms with van der Waals surface area (Å²) in [6, 6.07) is 12.2. The molecule has 0 unspecified atom stereocenters. The molecule has 3 aliphatic rings. The smallest absolute Gasteiger partial charge is 0.157 e. The second-order valence-corrected chi connectivity index (χ2v) is 11.0. The van der Waals surface area contributed by atoms with Crippen LogP contribution in [0.15, 0.2) is 65.3 Å². The molecular formula is C25H25FN2O2S. The van der Waals surface area contributed by atoms with Crippen molar-refractivity contribution in [3.63, 3.8) is 0 Å². The Balaban J connectivity index is 1.67. The number of halogens is 1. The minimum absolute atomic E-state index is 0.0612. The van der Waals surface area contributed by atoms with E-state index in [1.807, 2.05) is 25.2 Å². The fraction of sp³-hybridized carbons (Fsp3) is 0.320. The first-order valence-electron chi connectivity index (χ1n) is 10.6. The highest BCUT2D eigenvalue weighted by Gasteiger charge is 2.36. The van der Waals surface area contributed by atoms with Gasteiger partial charge in [0.1, 0.15) is 5.82 Å². The lowest BCUT2D eigenvalue weighted by Crippen LogP contribution is -2.19. The number of benzene rings is 2. The largest absolute Gasteiger partial charge is 0.376 e. The standard InChI is InChI=1S/C25H25FN2O2S/c1-16-21-11-12-28(2)14-24(21)23-13-17(15-31(29,30)20-8-9-20)3-10-22(23)25(27-16)18-4-6-19(26)7-5-18/h3-7,10-11,13-14,16,20H,8-9,12,15H2,1-2H3/t16-/m0/s1. The van der Waals surface area contributed by atoms with Crippen molar-refractivity contribution >= 4 is 21.1 Å². The summed E-state index contributed by atoms with van der Waals surface area (Å²) < 4.78 is 38.8. The lowest BCUT2D eigenvalue weighted by atomic mass is 9.88. The molecule has 4 nitrogen and oxygen atoms in total. The molecule has 0 aromatic heterocycles. The summed E-state index contributed by atoms with van der Waals surface area (Å²) in [6.45, 7) is 2.87. The van der Waals surface area contributed by atoms with Crippen molar-refractivity contribution in [1.82, 2.24) is 4.90 Å². The van der Waals surface area contributed by atoms with Gasteiger partial charge in [-0.1, -0.05) is 18.2 Å². The number of fused-ring (bicyclic) bond motifs is 3. The molecule has 0 spiro atoms. The summed E-state index contributed by atoms with van der Waals surface area (Å²) in [5.74, 6) is -0.223. The summed E-state index contributed by atoms with van der Waals surface area (Å²) in [6.07, 6.45) is 5.85. The van der Waals surface area contributed by atoms with Gasteiger partial charge in [-0.3, -0.25) is 4.99 Å². The Morgan fingerprint density at radius 2 is 1.84 bits per heavy atom. The van der Waals surface area contributed by atoms with Gasteiger partial charge in [0.25, 0.3) is 0 Å². The van der Waals surface area contributed by atoms with E-state index in [1.54, 1.807) is 12.1 Å². The number of sulfone groups is 1. The van der Waals surface area contributed by atoms with Gasteiger partial charge in [0.05, 0.1) is 22.8 Å². The molecular weight excluding hydrogens is 411 g/mol. The number of aliphatic imine (C=N–C) groups is 1. The van der Waals surface area contributed by atoms with Crippen LogP contribution >= 0.6 is 0 Å². The molecule has 2 aromatic rings. The molecule has 0 N–H and O–H groups in total. The minimum Gasteiger partial charge on any atom is -0.376 e. The molecule has 160 valence electrons. The summed E-state index contributed by atoms with van der Waals surface area (Å²) in [7, 11) is -1.09. The van der Waals surface area contributed by atoms with Crippen LogP contribution in [-0.2, 0) is 15.6 Å². The molecule has 1 aliphatic carbocycles. The highest BCUT2D eigenvalue weighted by atomic mass is 32.2. The zero-order chi connectivity index (χ0) is 21.8. The summed E-state index contributed by atoms with van der Waals surface area (Å²) >= 11 is 0.